The summed E-state index contributed by atoms with van der Waals surface area (Å²) in [6.07, 6.45) is -0.503. The van der Waals surface area contributed by atoms with Crippen molar-refractivity contribution in [2.45, 2.75) is 6.17 Å². The predicted octanol–water partition coefficient (Wildman–Crippen LogP) is -1.88. The Morgan fingerprint density at radius 1 is 1.80 bits per heavy atom. The van der Waals surface area contributed by atoms with Crippen LogP contribution in [0.25, 0.3) is 0 Å². The second kappa shape index (κ2) is 2.19. The third-order valence-electron chi connectivity index (χ3n) is 0.985. The van der Waals surface area contributed by atoms with Crippen LogP contribution in [0.1, 0.15) is 0 Å². The molecule has 1 aliphatic rings. The Kier molecular flexibility index (Phi) is 1.63. The van der Waals surface area contributed by atoms with E-state index in [4.69, 9.17) is 10.3 Å². The van der Waals surface area contributed by atoms with Crippen molar-refractivity contribution in [1.29, 1.82) is 0 Å². The van der Waals surface area contributed by atoms with Crippen LogP contribution in [0.15, 0.2) is 4.99 Å². The van der Waals surface area contributed by atoms with E-state index in [-0.39, 0.29) is 6.54 Å². The molecule has 1 rings (SSSR count). The van der Waals surface area contributed by atoms with Gasteiger partial charge in [0, 0.05) is 0 Å². The van der Waals surface area contributed by atoms with Crippen LogP contribution in [-0.2, 0) is 10.1 Å². The summed E-state index contributed by atoms with van der Waals surface area (Å²) >= 11 is 0. The lowest BCUT2D eigenvalue weighted by atomic mass is 10.6. The van der Waals surface area contributed by atoms with Crippen LogP contribution in [0.5, 0.6) is 0 Å². The average molecular weight is 165 g/mol. The highest BCUT2D eigenvalue weighted by atomic mass is 32.2. The fourth-order valence-corrected chi connectivity index (χ4v) is 1.13. The smallest absolute Gasteiger partial charge is 0.327 e. The van der Waals surface area contributed by atoms with Crippen LogP contribution in [-0.4, -0.2) is 30.8 Å². The largest absolute Gasteiger partial charge is 0.342 e. The highest BCUT2D eigenvalue weighted by Crippen LogP contribution is 1.95. The summed E-state index contributed by atoms with van der Waals surface area (Å²) in [6.45, 7) is 0.176. The minimum atomic E-state index is -4.18. The van der Waals surface area contributed by atoms with Gasteiger partial charge in [0.1, 0.15) is 0 Å². The molecule has 0 spiro atoms. The number of nitrogens with one attached hydrogen (secondary N) is 1. The van der Waals surface area contributed by atoms with Crippen molar-refractivity contribution in [2.75, 3.05) is 6.54 Å². The summed E-state index contributed by atoms with van der Waals surface area (Å²) < 4.78 is 28.9. The Balaban J connectivity index is 2.80. The summed E-state index contributed by atoms with van der Waals surface area (Å²) in [6, 6.07) is 0. The second-order valence-corrected chi connectivity index (χ2v) is 3.21. The summed E-state index contributed by atoms with van der Waals surface area (Å²) in [5, 5.41) is 1.84. The van der Waals surface area contributed by atoms with Crippen molar-refractivity contribution in [2.24, 2.45) is 10.7 Å². The topological polar surface area (TPSA) is 105 Å². The van der Waals surface area contributed by atoms with Gasteiger partial charge in [-0.15, -0.1) is 0 Å². The average Bonchev–Trinajstić information content (AvgIpc) is 2.11. The number of nitrogens with two attached hydrogens (primary N) is 1. The zero-order valence-corrected chi connectivity index (χ0v) is 5.80. The summed E-state index contributed by atoms with van der Waals surface area (Å²) in [4.78, 5) is 3.43. The second-order valence-electron chi connectivity index (χ2n) is 1.87. The van der Waals surface area contributed by atoms with Crippen molar-refractivity contribution in [1.82, 2.24) is 5.32 Å². The molecular weight excluding hydrogens is 158 g/mol. The molecule has 0 saturated heterocycles. The molecule has 1 unspecified atom stereocenters. The molecule has 7 heteroatoms. The van der Waals surface area contributed by atoms with Crippen LogP contribution in [0, 0.1) is 0 Å². The van der Waals surface area contributed by atoms with E-state index in [1.54, 1.807) is 0 Å². The molecule has 4 N–H and O–H groups in total. The van der Waals surface area contributed by atoms with Gasteiger partial charge in [0.05, 0.1) is 12.7 Å². The lowest BCUT2D eigenvalue weighted by molar-refractivity contribution is 0.496. The molecule has 0 radical (unpaired) electrons. The van der Waals surface area contributed by atoms with Crippen molar-refractivity contribution in [3.63, 3.8) is 0 Å². The third-order valence-corrected chi connectivity index (χ3v) is 1.72. The highest BCUT2D eigenvalue weighted by molar-refractivity contribution is 8.01. The summed E-state index contributed by atoms with van der Waals surface area (Å²) in [5.41, 5.74) is 5.22. The molecule has 1 aliphatic heterocycles. The standard InChI is InChI=1S/C3H7N3O3S/c4-2-1-5-3(6-2)10(7,8)9/h2H,1,4H2,(H,5,6)(H,7,8,9). The lowest BCUT2D eigenvalue weighted by Gasteiger charge is -2.01. The Morgan fingerprint density at radius 2 is 2.40 bits per heavy atom. The Labute approximate surface area is 57.9 Å². The van der Waals surface area contributed by atoms with Gasteiger partial charge in [0.25, 0.3) is 0 Å². The van der Waals surface area contributed by atoms with E-state index >= 15 is 0 Å². The Bertz CT molecular complexity index is 256. The van der Waals surface area contributed by atoms with Crippen LogP contribution in [0.4, 0.5) is 0 Å². The number of amidine groups is 1. The lowest BCUT2D eigenvalue weighted by Crippen LogP contribution is -2.40. The molecule has 0 saturated carbocycles. The molecule has 0 aromatic carbocycles. The van der Waals surface area contributed by atoms with Gasteiger partial charge < -0.3 is 11.1 Å². The van der Waals surface area contributed by atoms with E-state index in [9.17, 15) is 8.42 Å². The third kappa shape index (κ3) is 1.43. The molecule has 0 amide bonds. The van der Waals surface area contributed by atoms with Gasteiger partial charge >= 0.3 is 10.1 Å². The quantitative estimate of drug-likeness (QED) is 0.364. The van der Waals surface area contributed by atoms with Gasteiger partial charge in [-0.05, 0) is 0 Å². The molecule has 1 atom stereocenters. The van der Waals surface area contributed by atoms with Gasteiger partial charge in [0.2, 0.25) is 5.17 Å². The SMILES string of the molecule is NC1CN=C(S(=O)(=O)O)N1. The van der Waals surface area contributed by atoms with E-state index in [1.165, 1.54) is 0 Å². The molecule has 0 bridgehead atoms. The first-order valence-corrected chi connectivity index (χ1v) is 3.98. The van der Waals surface area contributed by atoms with Gasteiger partial charge in [-0.3, -0.25) is 9.55 Å². The van der Waals surface area contributed by atoms with Crippen molar-refractivity contribution < 1.29 is 13.0 Å². The van der Waals surface area contributed by atoms with E-state index in [2.05, 4.69) is 10.3 Å². The fourth-order valence-electron chi connectivity index (χ4n) is 0.587. The van der Waals surface area contributed by atoms with Gasteiger partial charge in [-0.25, -0.2) is 0 Å². The Hall–Kier alpha value is -0.660. The fraction of sp³-hybridized carbons (Fsp3) is 0.667. The summed E-state index contributed by atoms with van der Waals surface area (Å²) in [5.74, 6) is 0. The van der Waals surface area contributed by atoms with E-state index in [0.29, 0.717) is 0 Å². The molecule has 10 heavy (non-hydrogen) atoms. The van der Waals surface area contributed by atoms with Crippen LogP contribution >= 0.6 is 0 Å². The Morgan fingerprint density at radius 3 is 2.60 bits per heavy atom. The number of hydrogen-bond acceptors (Lipinski definition) is 5. The molecular formula is C3H7N3O3S. The molecule has 0 aliphatic carbocycles. The van der Waals surface area contributed by atoms with Gasteiger partial charge in [0.15, 0.2) is 0 Å². The van der Waals surface area contributed by atoms with Crippen molar-refractivity contribution in [3.05, 3.63) is 0 Å². The maximum absolute atomic E-state index is 10.3. The zero-order valence-electron chi connectivity index (χ0n) is 4.98. The van der Waals surface area contributed by atoms with E-state index in [0.717, 1.165) is 0 Å². The normalized spacial score (nSPS) is 25.8. The first-order valence-electron chi connectivity index (χ1n) is 2.54. The number of aliphatic imine (C=N–C) groups is 1. The predicted molar refractivity (Wildman–Crippen MR) is 35.0 cm³/mol. The number of rotatable bonds is 0. The van der Waals surface area contributed by atoms with E-state index in [1.807, 2.05) is 0 Å². The van der Waals surface area contributed by atoms with Gasteiger partial charge in [-0.2, -0.15) is 8.42 Å². The molecule has 1 heterocycles. The van der Waals surface area contributed by atoms with E-state index < -0.39 is 21.5 Å². The van der Waals surface area contributed by atoms with Crippen LogP contribution in [0.2, 0.25) is 0 Å². The van der Waals surface area contributed by atoms with Crippen molar-refractivity contribution >= 4 is 15.3 Å². The van der Waals surface area contributed by atoms with Crippen LogP contribution in [0.3, 0.4) is 0 Å². The summed E-state index contributed by atoms with van der Waals surface area (Å²) in [7, 11) is -4.18. The molecule has 0 aromatic heterocycles. The number of nitrogens with zero attached hydrogens (tertiary/aromatic N) is 1. The molecule has 0 fully saturated rings. The monoisotopic (exact) mass is 165 g/mol. The highest BCUT2D eigenvalue weighted by Gasteiger charge is 2.22. The minimum Gasteiger partial charge on any atom is -0.342 e. The number of hydrogen-bond donors (Lipinski definition) is 3. The maximum Gasteiger partial charge on any atom is 0.327 e. The first kappa shape index (κ1) is 7.45. The minimum absolute atomic E-state index is 0.176. The van der Waals surface area contributed by atoms with Crippen molar-refractivity contribution in [3.8, 4) is 0 Å². The molecule has 6 nitrogen and oxygen atoms in total. The first-order chi connectivity index (χ1) is 4.50. The molecule has 58 valence electrons. The zero-order chi connectivity index (χ0) is 7.78. The van der Waals surface area contributed by atoms with Gasteiger partial charge in [-0.1, -0.05) is 0 Å². The maximum atomic E-state index is 10.3. The molecule has 0 aromatic rings. The van der Waals surface area contributed by atoms with Crippen LogP contribution < -0.4 is 11.1 Å².